The van der Waals surface area contributed by atoms with Crippen molar-refractivity contribution in [1.82, 2.24) is 24.5 Å². The lowest BCUT2D eigenvalue weighted by Crippen LogP contribution is -2.23. The fourth-order valence-electron chi connectivity index (χ4n) is 3.98. The van der Waals surface area contributed by atoms with Crippen LogP contribution in [0.2, 0.25) is 0 Å². The number of nitrogen functional groups attached to an aromatic ring is 1. The molecule has 0 spiro atoms. The fourth-order valence-corrected chi connectivity index (χ4v) is 3.98. The Balaban J connectivity index is 1.53. The molecule has 1 aromatic carbocycles. The average molecular weight is 428 g/mol. The lowest BCUT2D eigenvalue weighted by Gasteiger charge is -2.24. The first-order valence-electron chi connectivity index (χ1n) is 10.5. The van der Waals surface area contributed by atoms with Crippen LogP contribution >= 0.6 is 0 Å². The first-order valence-corrected chi connectivity index (χ1v) is 10.5. The summed E-state index contributed by atoms with van der Waals surface area (Å²) in [4.78, 5) is 11.5. The topological polar surface area (TPSA) is 93.6 Å². The average Bonchev–Trinajstić information content (AvgIpc) is 3.24. The summed E-state index contributed by atoms with van der Waals surface area (Å²) >= 11 is 0. The van der Waals surface area contributed by atoms with Crippen molar-refractivity contribution >= 4 is 28.4 Å². The van der Waals surface area contributed by atoms with Gasteiger partial charge >= 0.3 is 0 Å². The van der Waals surface area contributed by atoms with Crippen LogP contribution in [0.25, 0.3) is 22.3 Å². The zero-order valence-electron chi connectivity index (χ0n) is 18.1. The number of nitrogens with one attached hydrogen (secondary N) is 1. The van der Waals surface area contributed by atoms with Crippen molar-refractivity contribution in [2.75, 3.05) is 38.3 Å². The maximum atomic E-state index is 6.23. The Morgan fingerprint density at radius 3 is 2.88 bits per heavy atom. The van der Waals surface area contributed by atoms with Crippen molar-refractivity contribution in [2.24, 2.45) is 0 Å². The van der Waals surface area contributed by atoms with Gasteiger partial charge in [-0.2, -0.15) is 5.10 Å². The molecule has 0 unspecified atom stereocenters. The first-order chi connectivity index (χ1) is 15.6. The molecule has 8 nitrogen and oxygen atoms in total. The molecular weight excluding hydrogens is 402 g/mol. The van der Waals surface area contributed by atoms with Crippen LogP contribution in [0.5, 0.6) is 5.75 Å². The Bertz CT molecular complexity index is 1310. The molecule has 0 bridgehead atoms. The molecule has 162 valence electrons. The van der Waals surface area contributed by atoms with Gasteiger partial charge in [0.1, 0.15) is 5.75 Å². The highest BCUT2D eigenvalue weighted by Crippen LogP contribution is 2.37. The van der Waals surface area contributed by atoms with Gasteiger partial charge in [0, 0.05) is 36.6 Å². The Morgan fingerprint density at radius 1 is 1.16 bits per heavy atom. The van der Waals surface area contributed by atoms with E-state index in [-0.39, 0.29) is 0 Å². The standard InChI is InChI=1S/C24H25N7O/c1-30-11-7-16(8-12-30)17-13-23(32-2)19(25)14-21(17)29-24-26-9-6-20(28-24)18-15-27-31-10-4-3-5-22(18)31/h3-7,9-10,13-15H,8,11-12,25H2,1-2H3,(H,26,28,29). The first kappa shape index (κ1) is 20.0. The molecule has 3 aromatic heterocycles. The summed E-state index contributed by atoms with van der Waals surface area (Å²) in [5.41, 5.74) is 12.7. The minimum atomic E-state index is 0.497. The maximum Gasteiger partial charge on any atom is 0.227 e. The second-order valence-electron chi connectivity index (χ2n) is 7.86. The van der Waals surface area contributed by atoms with E-state index in [1.54, 1.807) is 13.3 Å². The Labute approximate surface area is 186 Å². The number of nitrogens with two attached hydrogens (primary N) is 1. The Morgan fingerprint density at radius 2 is 2.06 bits per heavy atom. The number of ether oxygens (including phenoxy) is 1. The smallest absolute Gasteiger partial charge is 0.227 e. The van der Waals surface area contributed by atoms with Crippen LogP contribution in [-0.4, -0.2) is 51.7 Å². The Kier molecular flexibility index (Phi) is 5.20. The van der Waals surface area contributed by atoms with Crippen molar-refractivity contribution in [3.05, 3.63) is 66.6 Å². The molecule has 4 aromatic rings. The van der Waals surface area contributed by atoms with Crippen LogP contribution in [0, 0.1) is 0 Å². The highest BCUT2D eigenvalue weighted by atomic mass is 16.5. The summed E-state index contributed by atoms with van der Waals surface area (Å²) in [6, 6.07) is 11.7. The number of anilines is 3. The largest absolute Gasteiger partial charge is 0.495 e. The fraction of sp³-hybridized carbons (Fsp3) is 0.208. The van der Waals surface area contributed by atoms with Crippen LogP contribution < -0.4 is 15.8 Å². The maximum absolute atomic E-state index is 6.23. The molecule has 0 fully saturated rings. The number of rotatable bonds is 5. The molecule has 1 aliphatic heterocycles. The summed E-state index contributed by atoms with van der Waals surface area (Å²) < 4.78 is 7.31. The second kappa shape index (κ2) is 8.32. The van der Waals surface area contributed by atoms with Crippen molar-refractivity contribution < 1.29 is 4.74 Å². The molecule has 0 amide bonds. The normalized spacial score (nSPS) is 14.4. The van der Waals surface area contributed by atoms with Gasteiger partial charge < -0.3 is 20.7 Å². The lowest BCUT2D eigenvalue weighted by atomic mass is 9.97. The number of methoxy groups -OCH3 is 1. The molecular formula is C24H25N7O. The van der Waals surface area contributed by atoms with E-state index in [9.17, 15) is 0 Å². The predicted molar refractivity (Wildman–Crippen MR) is 127 cm³/mol. The second-order valence-corrected chi connectivity index (χ2v) is 7.86. The van der Waals surface area contributed by atoms with Crippen molar-refractivity contribution in [3.63, 3.8) is 0 Å². The van der Waals surface area contributed by atoms with Crippen LogP contribution in [0.15, 0.2) is 61.1 Å². The lowest BCUT2D eigenvalue weighted by molar-refractivity contribution is 0.370. The third-order valence-electron chi connectivity index (χ3n) is 5.73. The van der Waals surface area contributed by atoms with E-state index in [1.165, 1.54) is 5.57 Å². The van der Waals surface area contributed by atoms with Crippen LogP contribution in [0.4, 0.5) is 17.3 Å². The number of hydrogen-bond acceptors (Lipinski definition) is 7. The molecule has 1 aliphatic rings. The summed E-state index contributed by atoms with van der Waals surface area (Å²) in [6.07, 6.45) is 8.68. The van der Waals surface area contributed by atoms with E-state index < -0.39 is 0 Å². The van der Waals surface area contributed by atoms with Gasteiger partial charge in [-0.25, -0.2) is 14.5 Å². The zero-order valence-corrected chi connectivity index (χ0v) is 18.1. The van der Waals surface area contributed by atoms with Gasteiger partial charge in [-0.3, -0.25) is 0 Å². The van der Waals surface area contributed by atoms with Gasteiger partial charge in [0.05, 0.1) is 35.9 Å². The predicted octanol–water partition coefficient (Wildman–Crippen LogP) is 3.84. The molecule has 5 rings (SSSR count). The van der Waals surface area contributed by atoms with Gasteiger partial charge in [0.2, 0.25) is 5.95 Å². The number of fused-ring (bicyclic) bond motifs is 1. The van der Waals surface area contributed by atoms with E-state index in [2.05, 4.69) is 33.4 Å². The van der Waals surface area contributed by atoms with Crippen molar-refractivity contribution in [3.8, 4) is 17.0 Å². The van der Waals surface area contributed by atoms with Gasteiger partial charge in [-0.05, 0) is 49.4 Å². The van der Waals surface area contributed by atoms with Crippen LogP contribution in [0.3, 0.4) is 0 Å². The molecule has 32 heavy (non-hydrogen) atoms. The van der Waals surface area contributed by atoms with E-state index in [0.717, 1.165) is 47.5 Å². The van der Waals surface area contributed by atoms with Gasteiger partial charge in [-0.15, -0.1) is 0 Å². The van der Waals surface area contributed by atoms with E-state index >= 15 is 0 Å². The number of benzene rings is 1. The molecule has 0 saturated carbocycles. The third kappa shape index (κ3) is 3.76. The highest BCUT2D eigenvalue weighted by molar-refractivity contribution is 5.84. The van der Waals surface area contributed by atoms with Gasteiger partial charge in [-0.1, -0.05) is 12.1 Å². The molecule has 3 N–H and O–H groups in total. The number of hydrogen-bond donors (Lipinski definition) is 2. The van der Waals surface area contributed by atoms with E-state index in [0.29, 0.717) is 17.4 Å². The minimum absolute atomic E-state index is 0.497. The van der Waals surface area contributed by atoms with Crippen LogP contribution in [0.1, 0.15) is 12.0 Å². The number of likely N-dealkylation sites (N-methyl/N-ethyl adjacent to an activating group) is 1. The molecule has 4 heterocycles. The van der Waals surface area contributed by atoms with Crippen molar-refractivity contribution in [2.45, 2.75) is 6.42 Å². The SMILES string of the molecule is COc1cc(C2=CCN(C)CC2)c(Nc2nccc(-c3cnn4ccccc34)n2)cc1N. The third-order valence-corrected chi connectivity index (χ3v) is 5.73. The minimum Gasteiger partial charge on any atom is -0.495 e. The number of nitrogens with zero attached hydrogens (tertiary/aromatic N) is 5. The van der Waals surface area contributed by atoms with Gasteiger partial charge in [0.15, 0.2) is 0 Å². The quantitative estimate of drug-likeness (QED) is 0.467. The summed E-state index contributed by atoms with van der Waals surface area (Å²) in [7, 11) is 3.75. The van der Waals surface area contributed by atoms with E-state index in [4.69, 9.17) is 15.5 Å². The van der Waals surface area contributed by atoms with Gasteiger partial charge in [0.25, 0.3) is 0 Å². The number of pyridine rings is 1. The molecule has 0 saturated heterocycles. The zero-order chi connectivity index (χ0) is 22.1. The molecule has 0 aliphatic carbocycles. The molecule has 8 heteroatoms. The van der Waals surface area contributed by atoms with E-state index in [1.807, 2.05) is 53.3 Å². The highest BCUT2D eigenvalue weighted by Gasteiger charge is 2.17. The molecule has 0 atom stereocenters. The summed E-state index contributed by atoms with van der Waals surface area (Å²) in [5, 5.41) is 7.80. The summed E-state index contributed by atoms with van der Waals surface area (Å²) in [6.45, 7) is 1.90. The summed E-state index contributed by atoms with van der Waals surface area (Å²) in [5.74, 6) is 1.16. The Hall–Kier alpha value is -3.91. The van der Waals surface area contributed by atoms with Crippen molar-refractivity contribution in [1.29, 1.82) is 0 Å². The van der Waals surface area contributed by atoms with Crippen LogP contribution in [-0.2, 0) is 0 Å². The number of aromatic nitrogens is 4. The monoisotopic (exact) mass is 427 g/mol. The molecule has 0 radical (unpaired) electrons.